The van der Waals surface area contributed by atoms with Gasteiger partial charge in [0.15, 0.2) is 0 Å². The van der Waals surface area contributed by atoms with E-state index in [1.54, 1.807) is 18.2 Å². The lowest BCUT2D eigenvalue weighted by Gasteiger charge is -2.18. The van der Waals surface area contributed by atoms with Crippen molar-refractivity contribution in [2.24, 2.45) is 5.41 Å². The zero-order chi connectivity index (χ0) is 29.7. The average Bonchev–Trinajstić information content (AvgIpc) is 3.62. The molecule has 0 saturated heterocycles. The summed E-state index contributed by atoms with van der Waals surface area (Å²) in [5.74, 6) is -1.77. The van der Waals surface area contributed by atoms with E-state index in [1.807, 2.05) is 0 Å². The lowest BCUT2D eigenvalue weighted by molar-refractivity contribution is -0.192. The topological polar surface area (TPSA) is 76.0 Å². The number of anilines is 1. The highest BCUT2D eigenvalue weighted by atomic mass is 35.5. The fourth-order valence-corrected chi connectivity index (χ4v) is 4.78. The van der Waals surface area contributed by atoms with Gasteiger partial charge in [-0.05, 0) is 67.3 Å². The van der Waals surface area contributed by atoms with Crippen molar-refractivity contribution in [1.29, 1.82) is 0 Å². The van der Waals surface area contributed by atoms with Gasteiger partial charge in [0.1, 0.15) is 5.41 Å². The molecule has 41 heavy (non-hydrogen) atoms. The van der Waals surface area contributed by atoms with E-state index in [2.05, 4.69) is 15.7 Å². The second kappa shape index (κ2) is 10.1. The first-order valence-corrected chi connectivity index (χ1v) is 12.7. The Morgan fingerprint density at radius 3 is 2.41 bits per heavy atom. The Morgan fingerprint density at radius 2 is 1.76 bits per heavy atom. The Morgan fingerprint density at radius 1 is 1.02 bits per heavy atom. The fraction of sp³-hybridized carbons (Fsp3) is 0.250. The van der Waals surface area contributed by atoms with E-state index in [0.717, 1.165) is 6.07 Å². The Labute approximate surface area is 234 Å². The first-order chi connectivity index (χ1) is 19.2. The standard InChI is InChI=1S/C28H21ClF6N4O2/c1-15-5-7-17(12-20(15)27(30,31)32)39-23-4-2-3-22(19(23)14-37-39)38-24(40)18-11-16(6-8-21(18)29)13-36-25(41)26(9-10-26)28(33,34)35/h2-8,11-12,14H,9-10,13H2,1H3,(H,36,41)(H,38,40). The number of hydrogen-bond acceptors (Lipinski definition) is 3. The van der Waals surface area contributed by atoms with Gasteiger partial charge in [0.2, 0.25) is 5.91 Å². The molecule has 6 nitrogen and oxygen atoms in total. The van der Waals surface area contributed by atoms with Crippen molar-refractivity contribution < 1.29 is 35.9 Å². The number of nitrogens with one attached hydrogen (secondary N) is 2. The number of aryl methyl sites for hydroxylation is 1. The number of carbonyl (C=O) groups is 2. The van der Waals surface area contributed by atoms with Crippen LogP contribution < -0.4 is 10.6 Å². The molecular weight excluding hydrogens is 574 g/mol. The van der Waals surface area contributed by atoms with Crippen molar-refractivity contribution in [3.63, 3.8) is 0 Å². The van der Waals surface area contributed by atoms with E-state index >= 15 is 0 Å². The van der Waals surface area contributed by atoms with Crippen LogP contribution in [0.25, 0.3) is 16.6 Å². The van der Waals surface area contributed by atoms with E-state index < -0.39 is 35.1 Å². The van der Waals surface area contributed by atoms with Crippen molar-refractivity contribution in [2.45, 2.75) is 38.7 Å². The van der Waals surface area contributed by atoms with E-state index in [1.165, 1.54) is 48.1 Å². The minimum Gasteiger partial charge on any atom is -0.351 e. The number of aromatic nitrogens is 2. The zero-order valence-electron chi connectivity index (χ0n) is 21.3. The van der Waals surface area contributed by atoms with Crippen LogP contribution in [-0.4, -0.2) is 27.8 Å². The number of nitrogens with zero attached hydrogens (tertiary/aromatic N) is 2. The minimum absolute atomic E-state index is 0.00752. The molecule has 1 saturated carbocycles. The van der Waals surface area contributed by atoms with Gasteiger partial charge in [0, 0.05) is 11.9 Å². The summed E-state index contributed by atoms with van der Waals surface area (Å²) in [7, 11) is 0. The third-order valence-electron chi connectivity index (χ3n) is 7.09. The number of benzene rings is 3. The Bertz CT molecular complexity index is 1670. The van der Waals surface area contributed by atoms with E-state index in [0.29, 0.717) is 22.2 Å². The normalized spacial score (nSPS) is 14.6. The van der Waals surface area contributed by atoms with Gasteiger partial charge < -0.3 is 10.6 Å². The minimum atomic E-state index is -4.64. The molecule has 0 spiro atoms. The Kier molecular flexibility index (Phi) is 7.01. The van der Waals surface area contributed by atoms with Gasteiger partial charge in [-0.25, -0.2) is 4.68 Å². The fourth-order valence-electron chi connectivity index (χ4n) is 4.57. The maximum absolute atomic E-state index is 13.5. The van der Waals surface area contributed by atoms with Gasteiger partial charge in [-0.2, -0.15) is 31.4 Å². The first kappa shape index (κ1) is 28.5. The number of rotatable bonds is 6. The van der Waals surface area contributed by atoms with Crippen LogP contribution in [0.1, 0.15) is 39.9 Å². The second-order valence-electron chi connectivity index (χ2n) is 9.82. The summed E-state index contributed by atoms with van der Waals surface area (Å²) in [4.78, 5) is 25.3. The average molecular weight is 595 g/mol. The molecule has 1 aliphatic rings. The molecule has 0 atom stereocenters. The highest BCUT2D eigenvalue weighted by Gasteiger charge is 2.68. The first-order valence-electron chi connectivity index (χ1n) is 12.3. The lowest BCUT2D eigenvalue weighted by Crippen LogP contribution is -2.40. The molecule has 0 radical (unpaired) electrons. The van der Waals surface area contributed by atoms with Gasteiger partial charge in [-0.15, -0.1) is 0 Å². The van der Waals surface area contributed by atoms with Crippen LogP contribution in [0.2, 0.25) is 5.02 Å². The van der Waals surface area contributed by atoms with Gasteiger partial charge in [0.05, 0.1) is 39.2 Å². The highest BCUT2D eigenvalue weighted by Crippen LogP contribution is 2.57. The summed E-state index contributed by atoms with van der Waals surface area (Å²) in [5, 5.41) is 9.72. The van der Waals surface area contributed by atoms with E-state index in [-0.39, 0.29) is 41.2 Å². The molecule has 2 N–H and O–H groups in total. The predicted octanol–water partition coefficient (Wildman–Crippen LogP) is 7.22. The third kappa shape index (κ3) is 5.35. The maximum atomic E-state index is 13.5. The Hall–Kier alpha value is -4.06. The largest absolute Gasteiger partial charge is 0.416 e. The quantitative estimate of drug-likeness (QED) is 0.232. The van der Waals surface area contributed by atoms with Crippen LogP contribution in [0.15, 0.2) is 60.8 Å². The van der Waals surface area contributed by atoms with Crippen molar-refractivity contribution in [3.8, 4) is 5.69 Å². The van der Waals surface area contributed by atoms with Crippen LogP contribution in [0.3, 0.4) is 0 Å². The number of carbonyl (C=O) groups excluding carboxylic acids is 2. The highest BCUT2D eigenvalue weighted by molar-refractivity contribution is 6.34. The van der Waals surface area contributed by atoms with Crippen LogP contribution in [0.5, 0.6) is 0 Å². The molecule has 0 bridgehead atoms. The Balaban J connectivity index is 1.37. The van der Waals surface area contributed by atoms with Crippen LogP contribution >= 0.6 is 11.6 Å². The van der Waals surface area contributed by atoms with Crippen LogP contribution in [0.4, 0.5) is 32.0 Å². The predicted molar refractivity (Wildman–Crippen MR) is 140 cm³/mol. The second-order valence-corrected chi connectivity index (χ2v) is 10.2. The molecule has 0 aliphatic heterocycles. The summed E-state index contributed by atoms with van der Waals surface area (Å²) in [6.07, 6.45) is -8.33. The van der Waals surface area contributed by atoms with Gasteiger partial charge in [-0.3, -0.25) is 9.59 Å². The maximum Gasteiger partial charge on any atom is 0.416 e. The van der Waals surface area contributed by atoms with E-state index in [4.69, 9.17) is 11.6 Å². The molecule has 3 aromatic carbocycles. The molecule has 0 unspecified atom stereocenters. The third-order valence-corrected chi connectivity index (χ3v) is 7.42. The summed E-state index contributed by atoms with van der Waals surface area (Å²) in [5.41, 5.74) is -1.81. The van der Waals surface area contributed by atoms with Gasteiger partial charge in [-0.1, -0.05) is 29.8 Å². The van der Waals surface area contributed by atoms with Crippen molar-refractivity contribution in [2.75, 3.05) is 5.32 Å². The number of hydrogen-bond donors (Lipinski definition) is 2. The van der Waals surface area contributed by atoms with Crippen LogP contribution in [-0.2, 0) is 17.5 Å². The SMILES string of the molecule is Cc1ccc(-n2ncc3c(NC(=O)c4cc(CNC(=O)C5(C(F)(F)F)CC5)ccc4Cl)cccc32)cc1C(F)(F)F. The zero-order valence-corrected chi connectivity index (χ0v) is 22.0. The molecule has 214 valence electrons. The summed E-state index contributed by atoms with van der Waals surface area (Å²) in [6.45, 7) is 1.12. The van der Waals surface area contributed by atoms with Gasteiger partial charge >= 0.3 is 12.4 Å². The molecule has 5 rings (SSSR count). The van der Waals surface area contributed by atoms with Crippen molar-refractivity contribution in [3.05, 3.63) is 88.1 Å². The molecule has 1 aliphatic carbocycles. The van der Waals surface area contributed by atoms with E-state index in [9.17, 15) is 35.9 Å². The van der Waals surface area contributed by atoms with Crippen molar-refractivity contribution >= 4 is 40.0 Å². The molecule has 2 amide bonds. The molecule has 13 heteroatoms. The monoisotopic (exact) mass is 594 g/mol. The number of amides is 2. The summed E-state index contributed by atoms with van der Waals surface area (Å²) < 4.78 is 81.3. The molecule has 4 aromatic rings. The summed E-state index contributed by atoms with van der Waals surface area (Å²) in [6, 6.07) is 12.9. The van der Waals surface area contributed by atoms with Crippen LogP contribution in [0, 0.1) is 12.3 Å². The van der Waals surface area contributed by atoms with Crippen molar-refractivity contribution in [1.82, 2.24) is 15.1 Å². The lowest BCUT2D eigenvalue weighted by atomic mass is 10.1. The molecular formula is C28H21ClF6N4O2. The summed E-state index contributed by atoms with van der Waals surface area (Å²) >= 11 is 6.22. The molecule has 1 heterocycles. The molecule has 1 aromatic heterocycles. The number of fused-ring (bicyclic) bond motifs is 1. The molecule has 1 fully saturated rings. The smallest absolute Gasteiger partial charge is 0.351 e. The number of alkyl halides is 6. The van der Waals surface area contributed by atoms with Gasteiger partial charge in [0.25, 0.3) is 5.91 Å². The number of halogens is 7.